The van der Waals surface area contributed by atoms with Gasteiger partial charge in [-0.15, -0.1) is 0 Å². The van der Waals surface area contributed by atoms with Crippen LogP contribution in [0.15, 0.2) is 24.3 Å². The van der Waals surface area contributed by atoms with Crippen molar-refractivity contribution in [2.45, 2.75) is 19.6 Å². The highest BCUT2D eigenvalue weighted by Crippen LogP contribution is 2.24. The minimum Gasteiger partial charge on any atom is -0.346 e. The molecule has 16 heavy (non-hydrogen) atoms. The minimum atomic E-state index is -0.254. The van der Waals surface area contributed by atoms with Crippen molar-refractivity contribution >= 4 is 11.6 Å². The summed E-state index contributed by atoms with van der Waals surface area (Å²) in [6, 6.07) is 7.52. The molecule has 0 radical (unpaired) electrons. The van der Waals surface area contributed by atoms with Crippen LogP contribution >= 0.6 is 0 Å². The van der Waals surface area contributed by atoms with Gasteiger partial charge in [0.05, 0.1) is 13.2 Å². The first-order valence-corrected chi connectivity index (χ1v) is 5.42. The van der Waals surface area contributed by atoms with Crippen LogP contribution in [0.5, 0.6) is 0 Å². The van der Waals surface area contributed by atoms with E-state index in [0.717, 1.165) is 11.3 Å². The summed E-state index contributed by atoms with van der Waals surface area (Å²) in [6.07, 6.45) is 0.229. The monoisotopic (exact) mass is 221 g/mol. The van der Waals surface area contributed by atoms with Crippen LogP contribution < -0.4 is 5.32 Å². The average molecular weight is 221 g/mol. The van der Waals surface area contributed by atoms with Gasteiger partial charge in [-0.1, -0.05) is 19.1 Å². The van der Waals surface area contributed by atoms with E-state index < -0.39 is 0 Å². The van der Waals surface area contributed by atoms with Gasteiger partial charge in [-0.05, 0) is 12.1 Å². The number of benzene rings is 1. The van der Waals surface area contributed by atoms with Crippen LogP contribution in [0.2, 0.25) is 0 Å². The summed E-state index contributed by atoms with van der Waals surface area (Å²) in [4.78, 5) is 11.2. The van der Waals surface area contributed by atoms with E-state index in [9.17, 15) is 4.79 Å². The van der Waals surface area contributed by atoms with Crippen molar-refractivity contribution in [3.05, 3.63) is 29.8 Å². The number of nitrogens with one attached hydrogen (secondary N) is 1. The summed E-state index contributed by atoms with van der Waals surface area (Å²) in [6.45, 7) is 3.10. The number of hydrogen-bond acceptors (Lipinski definition) is 3. The van der Waals surface area contributed by atoms with Crippen molar-refractivity contribution in [1.29, 1.82) is 0 Å². The zero-order valence-corrected chi connectivity index (χ0v) is 9.23. The molecule has 0 bridgehead atoms. The van der Waals surface area contributed by atoms with Crippen molar-refractivity contribution < 1.29 is 14.3 Å². The number of carbonyl (C=O) groups is 1. The lowest BCUT2D eigenvalue weighted by Gasteiger charge is -2.10. The second-order valence-corrected chi connectivity index (χ2v) is 3.60. The van der Waals surface area contributed by atoms with Gasteiger partial charge in [0.25, 0.3) is 0 Å². The first-order chi connectivity index (χ1) is 7.79. The Labute approximate surface area is 94.6 Å². The normalized spacial score (nSPS) is 16.3. The van der Waals surface area contributed by atoms with Gasteiger partial charge in [0.1, 0.15) is 0 Å². The van der Waals surface area contributed by atoms with Gasteiger partial charge in [-0.3, -0.25) is 4.79 Å². The van der Waals surface area contributed by atoms with E-state index in [1.807, 2.05) is 31.2 Å². The number of amides is 1. The van der Waals surface area contributed by atoms with E-state index in [1.54, 1.807) is 0 Å². The molecule has 0 atom stereocenters. The Balaban J connectivity index is 2.01. The summed E-state index contributed by atoms with van der Waals surface area (Å²) < 4.78 is 10.7. The maximum absolute atomic E-state index is 11.2. The van der Waals surface area contributed by atoms with Gasteiger partial charge in [-0.25, -0.2) is 0 Å². The van der Waals surface area contributed by atoms with Gasteiger partial charge in [-0.2, -0.15) is 0 Å². The van der Waals surface area contributed by atoms with Gasteiger partial charge < -0.3 is 14.8 Å². The van der Waals surface area contributed by atoms with Gasteiger partial charge >= 0.3 is 0 Å². The van der Waals surface area contributed by atoms with Crippen LogP contribution in [0, 0.1) is 0 Å². The Hall–Kier alpha value is -1.39. The third-order valence-corrected chi connectivity index (χ3v) is 2.41. The predicted octanol–water partition coefficient (Wildman–Crippen LogP) is 2.08. The first kappa shape index (κ1) is 11.1. The third-order valence-electron chi connectivity index (χ3n) is 2.41. The predicted molar refractivity (Wildman–Crippen MR) is 60.0 cm³/mol. The average Bonchev–Trinajstić information content (AvgIpc) is 2.83. The molecule has 1 heterocycles. The van der Waals surface area contributed by atoms with E-state index in [-0.39, 0.29) is 12.2 Å². The smallest absolute Gasteiger partial charge is 0.224 e. The molecule has 1 amide bonds. The lowest BCUT2D eigenvalue weighted by Crippen LogP contribution is -2.09. The quantitative estimate of drug-likeness (QED) is 0.850. The topological polar surface area (TPSA) is 47.6 Å². The van der Waals surface area contributed by atoms with Crippen molar-refractivity contribution in [3.63, 3.8) is 0 Å². The Kier molecular flexibility index (Phi) is 3.54. The lowest BCUT2D eigenvalue weighted by atomic mass is 10.2. The van der Waals surface area contributed by atoms with E-state index in [1.165, 1.54) is 0 Å². The second kappa shape index (κ2) is 5.09. The Morgan fingerprint density at radius 2 is 1.94 bits per heavy atom. The van der Waals surface area contributed by atoms with E-state index >= 15 is 0 Å². The fourth-order valence-corrected chi connectivity index (χ4v) is 1.52. The van der Waals surface area contributed by atoms with Crippen LogP contribution in [0.4, 0.5) is 5.69 Å². The molecule has 1 fully saturated rings. The largest absolute Gasteiger partial charge is 0.346 e. The summed E-state index contributed by atoms with van der Waals surface area (Å²) >= 11 is 0. The molecular formula is C12H15NO3. The molecule has 1 aliphatic heterocycles. The Morgan fingerprint density at radius 1 is 1.31 bits per heavy atom. The third kappa shape index (κ3) is 2.59. The van der Waals surface area contributed by atoms with Crippen molar-refractivity contribution in [1.82, 2.24) is 0 Å². The summed E-state index contributed by atoms with van der Waals surface area (Å²) in [5, 5.41) is 2.79. The molecule has 0 spiro atoms. The van der Waals surface area contributed by atoms with Crippen molar-refractivity contribution in [3.8, 4) is 0 Å². The van der Waals surface area contributed by atoms with E-state index in [4.69, 9.17) is 9.47 Å². The molecule has 1 saturated heterocycles. The molecule has 0 saturated carbocycles. The molecular weight excluding hydrogens is 206 g/mol. The second-order valence-electron chi connectivity index (χ2n) is 3.60. The van der Waals surface area contributed by atoms with Crippen LogP contribution in [0.3, 0.4) is 0 Å². The highest BCUT2D eigenvalue weighted by molar-refractivity contribution is 5.90. The summed E-state index contributed by atoms with van der Waals surface area (Å²) in [7, 11) is 0. The molecule has 1 aliphatic rings. The lowest BCUT2D eigenvalue weighted by molar-refractivity contribution is -0.115. The van der Waals surface area contributed by atoms with Crippen LogP contribution in [-0.2, 0) is 14.3 Å². The molecule has 0 aromatic heterocycles. The van der Waals surface area contributed by atoms with Gasteiger partial charge in [0, 0.05) is 17.7 Å². The highest BCUT2D eigenvalue weighted by atomic mass is 16.7. The highest BCUT2D eigenvalue weighted by Gasteiger charge is 2.17. The molecule has 0 unspecified atom stereocenters. The van der Waals surface area contributed by atoms with Crippen molar-refractivity contribution in [2.24, 2.45) is 0 Å². The zero-order valence-electron chi connectivity index (χ0n) is 9.23. The number of hydrogen-bond donors (Lipinski definition) is 1. The molecule has 1 N–H and O–H groups in total. The number of ether oxygens (including phenoxy) is 2. The van der Waals surface area contributed by atoms with Gasteiger partial charge in [0.15, 0.2) is 6.29 Å². The molecule has 0 aliphatic carbocycles. The SMILES string of the molecule is CCC(=O)Nc1ccc(C2OCCO2)cc1. The molecule has 2 rings (SSSR count). The first-order valence-electron chi connectivity index (χ1n) is 5.42. The Morgan fingerprint density at radius 3 is 2.50 bits per heavy atom. The minimum absolute atomic E-state index is 0.0149. The number of rotatable bonds is 3. The fourth-order valence-electron chi connectivity index (χ4n) is 1.52. The van der Waals surface area contributed by atoms with Gasteiger partial charge in [0.2, 0.25) is 5.91 Å². The molecule has 1 aromatic rings. The zero-order chi connectivity index (χ0) is 11.4. The van der Waals surface area contributed by atoms with E-state index in [2.05, 4.69) is 5.32 Å². The maximum Gasteiger partial charge on any atom is 0.224 e. The Bertz CT molecular complexity index is 355. The van der Waals surface area contributed by atoms with Crippen LogP contribution in [-0.4, -0.2) is 19.1 Å². The fraction of sp³-hybridized carbons (Fsp3) is 0.417. The molecule has 4 nitrogen and oxygen atoms in total. The summed E-state index contributed by atoms with van der Waals surface area (Å²) in [5.41, 5.74) is 1.78. The van der Waals surface area contributed by atoms with Crippen molar-refractivity contribution in [2.75, 3.05) is 18.5 Å². The van der Waals surface area contributed by atoms with Crippen LogP contribution in [0.1, 0.15) is 25.2 Å². The molecule has 86 valence electrons. The summed E-state index contributed by atoms with van der Waals surface area (Å²) in [5.74, 6) is 0.0149. The van der Waals surface area contributed by atoms with E-state index in [0.29, 0.717) is 19.6 Å². The van der Waals surface area contributed by atoms with Crippen LogP contribution in [0.25, 0.3) is 0 Å². The number of anilines is 1. The standard InChI is InChI=1S/C12H15NO3/c1-2-11(14)13-10-5-3-9(4-6-10)12-15-7-8-16-12/h3-6,12H,2,7-8H2,1H3,(H,13,14). The molecule has 1 aromatic carbocycles. The maximum atomic E-state index is 11.2. The number of carbonyl (C=O) groups excluding carboxylic acids is 1. The molecule has 4 heteroatoms.